The molecule has 0 aromatic heterocycles. The fourth-order valence-corrected chi connectivity index (χ4v) is 2.75. The lowest BCUT2D eigenvalue weighted by Crippen LogP contribution is -2.44. The molecule has 21 heavy (non-hydrogen) atoms. The molecule has 0 aromatic carbocycles. The Kier molecular flexibility index (Phi) is 5.65. The van der Waals surface area contributed by atoms with Gasteiger partial charge in [0.15, 0.2) is 5.84 Å². The van der Waals surface area contributed by atoms with Crippen LogP contribution in [0.5, 0.6) is 0 Å². The highest BCUT2D eigenvalue weighted by Crippen LogP contribution is 2.28. The summed E-state index contributed by atoms with van der Waals surface area (Å²) in [6, 6.07) is 0. The van der Waals surface area contributed by atoms with Crippen molar-refractivity contribution in [3.63, 3.8) is 0 Å². The van der Waals surface area contributed by atoms with Crippen LogP contribution < -0.4 is 0 Å². The zero-order chi connectivity index (χ0) is 15.4. The Hall–Kier alpha value is -1.07. The number of aliphatic imine (C=N–C) groups is 1. The Balaban J connectivity index is 2.40. The van der Waals surface area contributed by atoms with Crippen molar-refractivity contribution in [2.45, 2.75) is 34.1 Å². The van der Waals surface area contributed by atoms with Crippen molar-refractivity contribution in [1.29, 1.82) is 0 Å². The Morgan fingerprint density at radius 3 is 2.57 bits per heavy atom. The van der Waals surface area contributed by atoms with Crippen molar-refractivity contribution in [2.24, 2.45) is 4.99 Å². The predicted octanol–water partition coefficient (Wildman–Crippen LogP) is 3.83. The van der Waals surface area contributed by atoms with Gasteiger partial charge in [0.25, 0.3) is 0 Å². The summed E-state index contributed by atoms with van der Waals surface area (Å²) in [6.07, 6.45) is 5.28. The van der Waals surface area contributed by atoms with Crippen LogP contribution in [-0.4, -0.2) is 41.9 Å². The molecule has 0 bridgehead atoms. The van der Waals surface area contributed by atoms with Gasteiger partial charge in [-0.15, -0.1) is 0 Å². The van der Waals surface area contributed by atoms with E-state index in [4.69, 9.17) is 9.73 Å². The van der Waals surface area contributed by atoms with E-state index >= 15 is 0 Å². The zero-order valence-electron chi connectivity index (χ0n) is 13.3. The van der Waals surface area contributed by atoms with Crippen LogP contribution in [0.15, 0.2) is 38.8 Å². The van der Waals surface area contributed by atoms with E-state index < -0.39 is 0 Å². The molecular formula is C16H24BrN3O. The predicted molar refractivity (Wildman–Crippen MR) is 91.1 cm³/mol. The number of allylic oxidation sites excluding steroid dienone is 3. The lowest BCUT2D eigenvalue weighted by atomic mass is 10.1. The first-order valence-electron chi connectivity index (χ1n) is 7.47. The summed E-state index contributed by atoms with van der Waals surface area (Å²) in [5.41, 5.74) is 3.71. The summed E-state index contributed by atoms with van der Waals surface area (Å²) in [6.45, 7) is 11.9. The third-order valence-electron chi connectivity index (χ3n) is 3.73. The van der Waals surface area contributed by atoms with E-state index in [9.17, 15) is 0 Å². The van der Waals surface area contributed by atoms with Crippen LogP contribution in [0.2, 0.25) is 0 Å². The fourth-order valence-electron chi connectivity index (χ4n) is 2.38. The number of amidine groups is 1. The molecule has 0 radical (unpaired) electrons. The summed E-state index contributed by atoms with van der Waals surface area (Å²) in [5.74, 6) is 1.04. The molecule has 2 aliphatic rings. The number of morpholine rings is 1. The average Bonchev–Trinajstić information content (AvgIpc) is 2.48. The van der Waals surface area contributed by atoms with Crippen LogP contribution >= 0.6 is 15.9 Å². The maximum absolute atomic E-state index is 5.46. The van der Waals surface area contributed by atoms with Crippen LogP contribution in [0.1, 0.15) is 34.1 Å². The highest BCUT2D eigenvalue weighted by Gasteiger charge is 2.26. The highest BCUT2D eigenvalue weighted by atomic mass is 79.9. The van der Waals surface area contributed by atoms with Crippen molar-refractivity contribution in [3.8, 4) is 0 Å². The van der Waals surface area contributed by atoms with Gasteiger partial charge in [0.2, 0.25) is 0 Å². The van der Waals surface area contributed by atoms with E-state index in [1.54, 1.807) is 0 Å². The molecule has 2 heterocycles. The lowest BCUT2D eigenvalue weighted by molar-refractivity contribution is 0.0676. The maximum Gasteiger partial charge on any atom is 0.154 e. The van der Waals surface area contributed by atoms with Crippen LogP contribution in [0, 0.1) is 0 Å². The quantitative estimate of drug-likeness (QED) is 0.706. The fraction of sp³-hybridized carbons (Fsp3) is 0.562. The van der Waals surface area contributed by atoms with Crippen LogP contribution in [0.3, 0.4) is 0 Å². The first-order chi connectivity index (χ1) is 10.0. The van der Waals surface area contributed by atoms with Gasteiger partial charge in [-0.2, -0.15) is 0 Å². The molecular weight excluding hydrogens is 330 g/mol. The van der Waals surface area contributed by atoms with Gasteiger partial charge in [-0.25, -0.2) is 4.99 Å². The summed E-state index contributed by atoms with van der Waals surface area (Å²) in [7, 11) is 0. The van der Waals surface area contributed by atoms with Crippen LogP contribution in [-0.2, 0) is 4.74 Å². The van der Waals surface area contributed by atoms with Gasteiger partial charge in [0, 0.05) is 25.0 Å². The molecule has 0 saturated carbocycles. The van der Waals surface area contributed by atoms with Crippen LogP contribution in [0.4, 0.5) is 0 Å². The Morgan fingerprint density at radius 2 is 2.00 bits per heavy atom. The van der Waals surface area contributed by atoms with E-state index in [-0.39, 0.29) is 0 Å². The third kappa shape index (κ3) is 3.77. The maximum atomic E-state index is 5.46. The van der Waals surface area contributed by atoms with Gasteiger partial charge in [0.1, 0.15) is 4.61 Å². The number of halogens is 1. The SMILES string of the molecule is CCC=C1C(N2CCOCC2)=NC(Br)=CN1C(C)=C(C)C. The molecule has 2 aliphatic heterocycles. The van der Waals surface area contributed by atoms with Crippen molar-refractivity contribution in [2.75, 3.05) is 26.3 Å². The summed E-state index contributed by atoms with van der Waals surface area (Å²) < 4.78 is 6.32. The molecule has 0 atom stereocenters. The summed E-state index contributed by atoms with van der Waals surface area (Å²) in [4.78, 5) is 9.28. The van der Waals surface area contributed by atoms with Gasteiger partial charge >= 0.3 is 0 Å². The normalized spacial score (nSPS) is 21.3. The molecule has 2 rings (SSSR count). The Morgan fingerprint density at radius 1 is 1.33 bits per heavy atom. The number of nitrogens with zero attached hydrogens (tertiary/aromatic N) is 3. The molecule has 5 heteroatoms. The molecule has 0 aliphatic carbocycles. The molecule has 4 nitrogen and oxygen atoms in total. The van der Waals surface area contributed by atoms with E-state index in [0.717, 1.165) is 43.2 Å². The minimum absolute atomic E-state index is 0.765. The first-order valence-corrected chi connectivity index (χ1v) is 8.26. The number of hydrogen-bond acceptors (Lipinski definition) is 4. The van der Waals surface area contributed by atoms with Crippen molar-refractivity contribution in [3.05, 3.63) is 33.8 Å². The Labute approximate surface area is 136 Å². The van der Waals surface area contributed by atoms with E-state index in [1.165, 1.54) is 17.0 Å². The van der Waals surface area contributed by atoms with Crippen molar-refractivity contribution in [1.82, 2.24) is 9.80 Å². The van der Waals surface area contributed by atoms with Crippen LogP contribution in [0.25, 0.3) is 0 Å². The second-order valence-corrected chi connectivity index (χ2v) is 6.25. The summed E-state index contributed by atoms with van der Waals surface area (Å²) >= 11 is 3.56. The largest absolute Gasteiger partial charge is 0.378 e. The topological polar surface area (TPSA) is 28.1 Å². The van der Waals surface area contributed by atoms with Gasteiger partial charge in [0.05, 0.1) is 18.9 Å². The highest BCUT2D eigenvalue weighted by molar-refractivity contribution is 9.11. The number of rotatable bonds is 2. The van der Waals surface area contributed by atoms with E-state index in [2.05, 4.69) is 59.5 Å². The van der Waals surface area contributed by atoms with E-state index in [1.807, 2.05) is 6.20 Å². The monoisotopic (exact) mass is 353 g/mol. The van der Waals surface area contributed by atoms with Gasteiger partial charge in [-0.3, -0.25) is 0 Å². The molecule has 0 spiro atoms. The van der Waals surface area contributed by atoms with Crippen molar-refractivity contribution < 1.29 is 4.74 Å². The van der Waals surface area contributed by atoms with E-state index in [0.29, 0.717) is 0 Å². The standard InChI is InChI=1S/C16H24BrN3O/c1-5-6-14-16(19-7-9-21-10-8-19)18-15(17)11-20(14)13(4)12(2)3/h6,11H,5,7-10H2,1-4H3. The molecule has 1 fully saturated rings. The third-order valence-corrected chi connectivity index (χ3v) is 4.11. The molecule has 0 unspecified atom stereocenters. The molecule has 0 amide bonds. The molecule has 1 saturated heterocycles. The average molecular weight is 354 g/mol. The lowest BCUT2D eigenvalue weighted by Gasteiger charge is -2.37. The summed E-state index contributed by atoms with van der Waals surface area (Å²) in [5, 5.41) is 0. The number of hydrogen-bond donors (Lipinski definition) is 0. The smallest absolute Gasteiger partial charge is 0.154 e. The Bertz CT molecular complexity index is 510. The zero-order valence-corrected chi connectivity index (χ0v) is 14.9. The first kappa shape index (κ1) is 16.3. The molecule has 116 valence electrons. The van der Waals surface area contributed by atoms with Gasteiger partial charge in [-0.05, 0) is 43.1 Å². The minimum atomic E-state index is 0.765. The minimum Gasteiger partial charge on any atom is -0.378 e. The van der Waals surface area contributed by atoms with Gasteiger partial charge in [-0.1, -0.05) is 18.6 Å². The second-order valence-electron chi connectivity index (χ2n) is 5.44. The second kappa shape index (κ2) is 7.27. The molecule has 0 aromatic rings. The van der Waals surface area contributed by atoms with Crippen molar-refractivity contribution >= 4 is 21.8 Å². The van der Waals surface area contributed by atoms with Gasteiger partial charge < -0.3 is 14.5 Å². The number of ether oxygens (including phenoxy) is 1. The molecule has 0 N–H and O–H groups in total.